The third-order valence-electron chi connectivity index (χ3n) is 3.83. The van der Waals surface area contributed by atoms with E-state index in [1.807, 2.05) is 6.07 Å². The lowest BCUT2D eigenvalue weighted by Gasteiger charge is -2.22. The van der Waals surface area contributed by atoms with Gasteiger partial charge < -0.3 is 0 Å². The number of nitrogens with one attached hydrogen (secondary N) is 1. The van der Waals surface area contributed by atoms with E-state index in [0.717, 1.165) is 17.0 Å². The maximum absolute atomic E-state index is 12.1. The first kappa shape index (κ1) is 11.5. The molecule has 1 N–H and O–H groups in total. The summed E-state index contributed by atoms with van der Waals surface area (Å²) >= 11 is 0. The van der Waals surface area contributed by atoms with E-state index in [4.69, 9.17) is 0 Å². The molecule has 0 aliphatic heterocycles. The van der Waals surface area contributed by atoms with Crippen molar-refractivity contribution in [2.75, 3.05) is 0 Å². The number of pyridine rings is 1. The summed E-state index contributed by atoms with van der Waals surface area (Å²) in [4.78, 5) is 16.7. The fraction of sp³-hybridized carbons (Fsp3) is 0.571. The van der Waals surface area contributed by atoms with Gasteiger partial charge in [-0.2, -0.15) is 0 Å². The van der Waals surface area contributed by atoms with Crippen LogP contribution in [0.15, 0.2) is 16.9 Å². The van der Waals surface area contributed by atoms with Crippen LogP contribution in [0.2, 0.25) is 0 Å². The van der Waals surface area contributed by atoms with Gasteiger partial charge in [-0.1, -0.05) is 27.2 Å². The van der Waals surface area contributed by atoms with Crippen molar-refractivity contribution in [2.45, 2.75) is 51.4 Å². The number of rotatable bonds is 1. The molecule has 2 aromatic heterocycles. The highest BCUT2D eigenvalue weighted by Crippen LogP contribution is 2.34. The van der Waals surface area contributed by atoms with Gasteiger partial charge in [-0.05, 0) is 29.9 Å². The third-order valence-corrected chi connectivity index (χ3v) is 3.83. The number of nitrogens with zero attached hydrogens (tertiary/aromatic N) is 2. The van der Waals surface area contributed by atoms with Crippen LogP contribution in [0.4, 0.5) is 0 Å². The number of H-pyrrole nitrogens is 1. The van der Waals surface area contributed by atoms with Crippen LogP contribution in [0.3, 0.4) is 0 Å². The van der Waals surface area contributed by atoms with Crippen LogP contribution in [0.1, 0.15) is 57.3 Å². The molecule has 0 spiro atoms. The van der Waals surface area contributed by atoms with Crippen LogP contribution in [0.5, 0.6) is 0 Å². The molecule has 0 radical (unpaired) electrons. The minimum Gasteiger partial charge on any atom is -0.276 e. The molecule has 3 rings (SSSR count). The lowest BCUT2D eigenvalue weighted by molar-refractivity contribution is 0.401. The Hall–Kier alpha value is -1.58. The van der Waals surface area contributed by atoms with Gasteiger partial charge in [0.1, 0.15) is 5.82 Å². The van der Waals surface area contributed by atoms with Gasteiger partial charge >= 0.3 is 0 Å². The molecular formula is C14H19N3O. The summed E-state index contributed by atoms with van der Waals surface area (Å²) in [6.07, 6.45) is 3.63. The van der Waals surface area contributed by atoms with Crippen molar-refractivity contribution in [2.24, 2.45) is 0 Å². The van der Waals surface area contributed by atoms with Crippen molar-refractivity contribution in [3.8, 4) is 0 Å². The fourth-order valence-electron chi connectivity index (χ4n) is 2.31. The summed E-state index contributed by atoms with van der Waals surface area (Å²) in [5, 5.41) is 3.14. The molecular weight excluding hydrogens is 226 g/mol. The van der Waals surface area contributed by atoms with Gasteiger partial charge in [-0.25, -0.2) is 9.50 Å². The summed E-state index contributed by atoms with van der Waals surface area (Å²) in [5.41, 5.74) is 1.74. The second kappa shape index (κ2) is 3.70. The van der Waals surface area contributed by atoms with Crippen LogP contribution in [0, 0.1) is 0 Å². The average molecular weight is 245 g/mol. The van der Waals surface area contributed by atoms with E-state index in [0.29, 0.717) is 5.92 Å². The topological polar surface area (TPSA) is 50.2 Å². The molecule has 2 heterocycles. The molecule has 0 aromatic carbocycles. The van der Waals surface area contributed by atoms with Crippen LogP contribution in [-0.2, 0) is 5.41 Å². The number of aromatic nitrogens is 3. The molecule has 0 bridgehead atoms. The highest BCUT2D eigenvalue weighted by Gasteiger charge is 2.24. The van der Waals surface area contributed by atoms with E-state index < -0.39 is 0 Å². The number of fused-ring (bicyclic) bond motifs is 1. The Kier molecular flexibility index (Phi) is 2.37. The Bertz CT molecular complexity index is 641. The Balaban J connectivity index is 2.15. The van der Waals surface area contributed by atoms with Crippen molar-refractivity contribution in [3.63, 3.8) is 0 Å². The minimum atomic E-state index is -0.0243. The lowest BCUT2D eigenvalue weighted by Crippen LogP contribution is -2.20. The predicted octanol–water partition coefficient (Wildman–Crippen LogP) is 2.59. The molecule has 0 amide bonds. The molecule has 96 valence electrons. The maximum Gasteiger partial charge on any atom is 0.271 e. The van der Waals surface area contributed by atoms with Crippen LogP contribution in [-0.4, -0.2) is 14.6 Å². The van der Waals surface area contributed by atoms with E-state index >= 15 is 0 Å². The highest BCUT2D eigenvalue weighted by atomic mass is 16.1. The summed E-state index contributed by atoms with van der Waals surface area (Å²) in [5.74, 6) is 1.48. The molecule has 1 aliphatic carbocycles. The molecule has 0 saturated heterocycles. The summed E-state index contributed by atoms with van der Waals surface area (Å²) < 4.78 is 1.56. The summed E-state index contributed by atoms with van der Waals surface area (Å²) in [6, 6.07) is 3.72. The lowest BCUT2D eigenvalue weighted by atomic mass is 9.85. The predicted molar refractivity (Wildman–Crippen MR) is 71.1 cm³/mol. The Labute approximate surface area is 106 Å². The van der Waals surface area contributed by atoms with Gasteiger partial charge in [0, 0.05) is 12.0 Å². The van der Waals surface area contributed by atoms with Crippen molar-refractivity contribution in [1.29, 1.82) is 0 Å². The Morgan fingerprint density at radius 2 is 2.06 bits per heavy atom. The normalized spacial score (nSPS) is 17.1. The molecule has 2 aromatic rings. The Morgan fingerprint density at radius 3 is 2.61 bits per heavy atom. The van der Waals surface area contributed by atoms with Crippen molar-refractivity contribution in [1.82, 2.24) is 14.6 Å². The monoisotopic (exact) mass is 245 g/mol. The van der Waals surface area contributed by atoms with Crippen LogP contribution < -0.4 is 5.56 Å². The molecule has 0 unspecified atom stereocenters. The number of hydrogen-bond acceptors (Lipinski definition) is 2. The van der Waals surface area contributed by atoms with Gasteiger partial charge in [0.25, 0.3) is 5.56 Å². The van der Waals surface area contributed by atoms with Crippen molar-refractivity contribution in [3.05, 3.63) is 33.9 Å². The van der Waals surface area contributed by atoms with E-state index in [1.54, 1.807) is 10.6 Å². The van der Waals surface area contributed by atoms with Gasteiger partial charge in [0.15, 0.2) is 5.65 Å². The van der Waals surface area contributed by atoms with Gasteiger partial charge in [-0.3, -0.25) is 9.89 Å². The van der Waals surface area contributed by atoms with Crippen molar-refractivity contribution >= 4 is 5.65 Å². The molecule has 0 atom stereocenters. The largest absolute Gasteiger partial charge is 0.276 e. The zero-order chi connectivity index (χ0) is 12.9. The van der Waals surface area contributed by atoms with E-state index in [9.17, 15) is 4.79 Å². The zero-order valence-corrected chi connectivity index (χ0v) is 11.2. The first-order chi connectivity index (χ1) is 8.45. The summed E-state index contributed by atoms with van der Waals surface area (Å²) in [7, 11) is 0. The molecule has 4 heteroatoms. The van der Waals surface area contributed by atoms with Crippen LogP contribution in [0.25, 0.3) is 5.65 Å². The first-order valence-corrected chi connectivity index (χ1v) is 6.58. The standard InChI is InChI=1S/C14H19N3O/c1-14(2,3)10-7-11-15-13(9-5-4-6-9)16-17(11)12(18)8-10/h7-9H,4-6H2,1-3H3,(H,15,16). The molecule has 1 saturated carbocycles. The molecule has 18 heavy (non-hydrogen) atoms. The maximum atomic E-state index is 12.1. The van der Waals surface area contributed by atoms with E-state index in [-0.39, 0.29) is 11.0 Å². The quantitative estimate of drug-likeness (QED) is 0.839. The molecule has 1 aliphatic rings. The first-order valence-electron chi connectivity index (χ1n) is 6.58. The van der Waals surface area contributed by atoms with E-state index in [2.05, 4.69) is 30.9 Å². The van der Waals surface area contributed by atoms with Crippen LogP contribution >= 0.6 is 0 Å². The van der Waals surface area contributed by atoms with E-state index in [1.165, 1.54) is 19.3 Å². The Morgan fingerprint density at radius 1 is 1.33 bits per heavy atom. The number of hydrogen-bond donors (Lipinski definition) is 1. The second-order valence-electron chi connectivity index (χ2n) is 6.26. The SMILES string of the molecule is CC(C)(C)c1cc(=O)n2[nH]c(C3CCC3)nc2c1. The van der Waals surface area contributed by atoms with Gasteiger partial charge in [0.2, 0.25) is 0 Å². The zero-order valence-electron chi connectivity index (χ0n) is 11.2. The average Bonchev–Trinajstić information content (AvgIpc) is 2.57. The second-order valence-corrected chi connectivity index (χ2v) is 6.26. The molecule has 1 fully saturated rings. The smallest absolute Gasteiger partial charge is 0.271 e. The third kappa shape index (κ3) is 1.76. The summed E-state index contributed by atoms with van der Waals surface area (Å²) in [6.45, 7) is 6.33. The molecule has 4 nitrogen and oxygen atoms in total. The minimum absolute atomic E-state index is 0.0181. The van der Waals surface area contributed by atoms with Gasteiger partial charge in [0.05, 0.1) is 0 Å². The van der Waals surface area contributed by atoms with Gasteiger partial charge in [-0.15, -0.1) is 0 Å². The highest BCUT2D eigenvalue weighted by molar-refractivity contribution is 5.43. The van der Waals surface area contributed by atoms with Crippen molar-refractivity contribution < 1.29 is 0 Å². The fourth-order valence-corrected chi connectivity index (χ4v) is 2.31. The number of aromatic amines is 1.